The topological polar surface area (TPSA) is 61.2 Å². The molecule has 0 saturated heterocycles. The molecule has 2 amide bonds. The maximum absolute atomic E-state index is 12.4. The van der Waals surface area contributed by atoms with E-state index in [1.54, 1.807) is 36.4 Å². The lowest BCUT2D eigenvalue weighted by Crippen LogP contribution is -2.31. The van der Waals surface area contributed by atoms with E-state index in [1.165, 1.54) is 4.90 Å². The minimum atomic E-state index is -0.306. The van der Waals surface area contributed by atoms with Crippen molar-refractivity contribution < 1.29 is 9.59 Å². The zero-order chi connectivity index (χ0) is 14.8. The van der Waals surface area contributed by atoms with Gasteiger partial charge in [-0.3, -0.25) is 14.5 Å². The fraction of sp³-hybridized carbons (Fsp3) is 0.118. The van der Waals surface area contributed by atoms with E-state index in [0.29, 0.717) is 24.1 Å². The smallest absolute Gasteiger partial charge is 0.261 e. The number of amides is 2. The van der Waals surface area contributed by atoms with Crippen LogP contribution in [0, 0.1) is 11.3 Å². The van der Waals surface area contributed by atoms with E-state index in [-0.39, 0.29) is 11.8 Å². The van der Waals surface area contributed by atoms with Crippen molar-refractivity contribution in [3.63, 3.8) is 0 Å². The van der Waals surface area contributed by atoms with Crippen LogP contribution in [0.25, 0.3) is 0 Å². The van der Waals surface area contributed by atoms with Crippen LogP contribution in [0.15, 0.2) is 48.5 Å². The Morgan fingerprint density at radius 2 is 1.86 bits per heavy atom. The summed E-state index contributed by atoms with van der Waals surface area (Å²) in [6.07, 6.45) is 0.308. The molecule has 0 bridgehead atoms. The van der Waals surface area contributed by atoms with Crippen LogP contribution in [0.1, 0.15) is 31.8 Å². The summed E-state index contributed by atoms with van der Waals surface area (Å²) in [5.74, 6) is -0.559. The first-order chi connectivity index (χ1) is 10.2. The van der Waals surface area contributed by atoms with Gasteiger partial charge in [-0.05, 0) is 29.3 Å². The fourth-order valence-corrected chi connectivity index (χ4v) is 2.43. The Morgan fingerprint density at radius 1 is 1.14 bits per heavy atom. The maximum atomic E-state index is 12.4. The molecule has 102 valence electrons. The van der Waals surface area contributed by atoms with E-state index < -0.39 is 0 Å². The second kappa shape index (κ2) is 5.22. The van der Waals surface area contributed by atoms with Gasteiger partial charge in [-0.15, -0.1) is 0 Å². The number of fused-ring (bicyclic) bond motifs is 1. The predicted octanol–water partition coefficient (Wildman–Crippen LogP) is 2.55. The van der Waals surface area contributed by atoms with Crippen LogP contribution >= 0.6 is 0 Å². The van der Waals surface area contributed by atoms with Crippen LogP contribution in [0.3, 0.4) is 0 Å². The van der Waals surface area contributed by atoms with Crippen molar-refractivity contribution in [2.75, 3.05) is 0 Å². The molecule has 4 nitrogen and oxygen atoms in total. The molecule has 0 N–H and O–H groups in total. The summed E-state index contributed by atoms with van der Waals surface area (Å²) in [5.41, 5.74) is 2.77. The lowest BCUT2D eigenvalue weighted by atomic mass is 10.1. The maximum Gasteiger partial charge on any atom is 0.261 e. The minimum absolute atomic E-state index is 0.253. The average Bonchev–Trinajstić information content (AvgIpc) is 2.85. The Bertz CT molecular complexity index is 757. The van der Waals surface area contributed by atoms with Gasteiger partial charge in [0.2, 0.25) is 0 Å². The molecule has 3 rings (SSSR count). The largest absolute Gasteiger partial charge is 0.270 e. The van der Waals surface area contributed by atoms with Crippen molar-refractivity contribution in [2.45, 2.75) is 13.0 Å². The van der Waals surface area contributed by atoms with Gasteiger partial charge in [0, 0.05) is 11.1 Å². The van der Waals surface area contributed by atoms with Gasteiger partial charge in [0.25, 0.3) is 11.8 Å². The third-order valence-electron chi connectivity index (χ3n) is 3.55. The van der Waals surface area contributed by atoms with Crippen LogP contribution in [0.4, 0.5) is 0 Å². The van der Waals surface area contributed by atoms with Gasteiger partial charge < -0.3 is 0 Å². The van der Waals surface area contributed by atoms with Crippen molar-refractivity contribution in [1.82, 2.24) is 4.90 Å². The number of carbonyl (C=O) groups is 2. The molecule has 1 aliphatic heterocycles. The van der Waals surface area contributed by atoms with Crippen LogP contribution in [-0.4, -0.2) is 16.7 Å². The first-order valence-corrected chi connectivity index (χ1v) is 6.60. The van der Waals surface area contributed by atoms with Crippen LogP contribution in [0.5, 0.6) is 0 Å². The van der Waals surface area contributed by atoms with E-state index in [9.17, 15) is 9.59 Å². The number of rotatable bonds is 2. The number of carbonyl (C=O) groups excluding carboxylic acids is 2. The summed E-state index contributed by atoms with van der Waals surface area (Å²) in [4.78, 5) is 25.9. The SMILES string of the molecule is N#CCc1ccc(C(=O)N2Cc3ccccc3C2=O)cc1. The Morgan fingerprint density at radius 3 is 2.52 bits per heavy atom. The normalized spacial score (nSPS) is 12.9. The minimum Gasteiger partial charge on any atom is -0.270 e. The first kappa shape index (κ1) is 13.1. The highest BCUT2D eigenvalue weighted by molar-refractivity contribution is 6.12. The molecule has 2 aromatic rings. The third-order valence-corrected chi connectivity index (χ3v) is 3.55. The standard InChI is InChI=1S/C17H12N2O2/c18-10-9-12-5-7-13(8-6-12)16(20)19-11-14-3-1-2-4-15(14)17(19)21/h1-8H,9,11H2. The summed E-state index contributed by atoms with van der Waals surface area (Å²) >= 11 is 0. The number of benzene rings is 2. The molecule has 0 aromatic heterocycles. The Hall–Kier alpha value is -2.93. The second-order valence-electron chi connectivity index (χ2n) is 4.89. The van der Waals surface area contributed by atoms with Gasteiger partial charge in [0.1, 0.15) is 0 Å². The van der Waals surface area contributed by atoms with Crippen molar-refractivity contribution in [2.24, 2.45) is 0 Å². The Balaban J connectivity index is 1.84. The second-order valence-corrected chi connectivity index (χ2v) is 4.89. The van der Waals surface area contributed by atoms with E-state index in [2.05, 4.69) is 6.07 Å². The molecule has 0 aliphatic carbocycles. The zero-order valence-electron chi connectivity index (χ0n) is 11.2. The van der Waals surface area contributed by atoms with Gasteiger partial charge in [0.15, 0.2) is 0 Å². The van der Waals surface area contributed by atoms with E-state index >= 15 is 0 Å². The fourth-order valence-electron chi connectivity index (χ4n) is 2.43. The van der Waals surface area contributed by atoms with Crippen molar-refractivity contribution in [3.8, 4) is 6.07 Å². The summed E-state index contributed by atoms with van der Waals surface area (Å²) in [6.45, 7) is 0.313. The van der Waals surface area contributed by atoms with E-state index in [1.807, 2.05) is 12.1 Å². The van der Waals surface area contributed by atoms with Crippen molar-refractivity contribution in [3.05, 3.63) is 70.8 Å². The molecular weight excluding hydrogens is 264 g/mol. The molecule has 0 fully saturated rings. The van der Waals surface area contributed by atoms with Crippen molar-refractivity contribution >= 4 is 11.8 Å². The van der Waals surface area contributed by atoms with Gasteiger partial charge in [-0.2, -0.15) is 5.26 Å². The summed E-state index contributed by atoms with van der Waals surface area (Å²) < 4.78 is 0. The van der Waals surface area contributed by atoms with Gasteiger partial charge in [-0.1, -0.05) is 30.3 Å². The van der Waals surface area contributed by atoms with E-state index in [4.69, 9.17) is 5.26 Å². The molecule has 0 radical (unpaired) electrons. The molecule has 4 heteroatoms. The van der Waals surface area contributed by atoms with E-state index in [0.717, 1.165) is 11.1 Å². The van der Waals surface area contributed by atoms with Gasteiger partial charge >= 0.3 is 0 Å². The summed E-state index contributed by atoms with van der Waals surface area (Å²) in [5, 5.41) is 8.64. The number of nitrogens with zero attached hydrogens (tertiary/aromatic N) is 2. The summed E-state index contributed by atoms with van der Waals surface area (Å²) in [6, 6.07) is 16.1. The number of nitriles is 1. The Labute approximate surface area is 122 Å². The lowest BCUT2D eigenvalue weighted by molar-refractivity contribution is 0.0631. The molecule has 1 aliphatic rings. The van der Waals surface area contributed by atoms with Gasteiger partial charge in [-0.25, -0.2) is 0 Å². The molecule has 0 unspecified atom stereocenters. The first-order valence-electron chi connectivity index (χ1n) is 6.60. The molecule has 0 spiro atoms. The van der Waals surface area contributed by atoms with Crippen molar-refractivity contribution in [1.29, 1.82) is 5.26 Å². The van der Waals surface area contributed by atoms with Crippen LogP contribution in [-0.2, 0) is 13.0 Å². The van der Waals surface area contributed by atoms with Gasteiger partial charge in [0.05, 0.1) is 19.0 Å². The number of imide groups is 1. The third kappa shape index (κ3) is 2.30. The lowest BCUT2D eigenvalue weighted by Gasteiger charge is -2.13. The molecule has 2 aromatic carbocycles. The molecular formula is C17H12N2O2. The summed E-state index contributed by atoms with van der Waals surface area (Å²) in [7, 11) is 0. The van der Waals surface area contributed by atoms with Crippen LogP contribution in [0.2, 0.25) is 0 Å². The highest BCUT2D eigenvalue weighted by Crippen LogP contribution is 2.24. The number of hydrogen-bond acceptors (Lipinski definition) is 3. The average molecular weight is 276 g/mol. The monoisotopic (exact) mass is 276 g/mol. The molecule has 0 saturated carbocycles. The number of hydrogen-bond donors (Lipinski definition) is 0. The van der Waals surface area contributed by atoms with Crippen LogP contribution < -0.4 is 0 Å². The molecule has 21 heavy (non-hydrogen) atoms. The quantitative estimate of drug-likeness (QED) is 0.792. The highest BCUT2D eigenvalue weighted by Gasteiger charge is 2.32. The molecule has 1 heterocycles. The predicted molar refractivity (Wildman–Crippen MR) is 76.4 cm³/mol. The Kier molecular flexibility index (Phi) is 3.25. The molecule has 0 atom stereocenters. The highest BCUT2D eigenvalue weighted by atomic mass is 16.2. The zero-order valence-corrected chi connectivity index (χ0v) is 11.2.